The summed E-state index contributed by atoms with van der Waals surface area (Å²) >= 11 is 0. The second kappa shape index (κ2) is 8.33. The molecule has 2 bridgehead atoms. The molecule has 2 aromatic carbocycles. The summed E-state index contributed by atoms with van der Waals surface area (Å²) in [5.41, 5.74) is 5.62. The summed E-state index contributed by atoms with van der Waals surface area (Å²) < 4.78 is 2.35. The zero-order chi connectivity index (χ0) is 21.7. The number of likely N-dealkylation sites (tertiary alicyclic amines) is 2. The summed E-state index contributed by atoms with van der Waals surface area (Å²) in [6, 6.07) is 20.2. The third kappa shape index (κ3) is 3.59. The van der Waals surface area contributed by atoms with E-state index < -0.39 is 0 Å². The van der Waals surface area contributed by atoms with Crippen molar-refractivity contribution in [2.75, 3.05) is 26.2 Å². The van der Waals surface area contributed by atoms with E-state index in [9.17, 15) is 5.11 Å². The van der Waals surface area contributed by atoms with Crippen molar-refractivity contribution in [1.29, 1.82) is 0 Å². The van der Waals surface area contributed by atoms with Crippen LogP contribution in [-0.4, -0.2) is 57.8 Å². The van der Waals surface area contributed by atoms with E-state index in [0.717, 1.165) is 38.4 Å². The molecule has 4 heteroatoms. The van der Waals surface area contributed by atoms with E-state index in [1.807, 2.05) is 0 Å². The number of aliphatic hydroxyl groups excluding tert-OH is 1. The van der Waals surface area contributed by atoms with Gasteiger partial charge in [0.05, 0.1) is 6.10 Å². The summed E-state index contributed by atoms with van der Waals surface area (Å²) in [4.78, 5) is 5.25. The van der Waals surface area contributed by atoms with Crippen molar-refractivity contribution in [2.45, 2.75) is 50.3 Å². The molecule has 2 saturated heterocycles. The Kier molecular flexibility index (Phi) is 5.33. The number of piperidine rings is 2. The highest BCUT2D eigenvalue weighted by Gasteiger charge is 2.43. The molecule has 0 radical (unpaired) electrons. The molecule has 1 aliphatic carbocycles. The number of aliphatic hydroxyl groups is 1. The van der Waals surface area contributed by atoms with Crippen LogP contribution in [0.2, 0.25) is 0 Å². The van der Waals surface area contributed by atoms with Gasteiger partial charge in [0.25, 0.3) is 0 Å². The van der Waals surface area contributed by atoms with Gasteiger partial charge in [0.2, 0.25) is 0 Å². The van der Waals surface area contributed by atoms with E-state index in [1.54, 1.807) is 0 Å². The quantitative estimate of drug-likeness (QED) is 0.676. The number of aromatic nitrogens is 1. The van der Waals surface area contributed by atoms with E-state index in [4.69, 9.17) is 0 Å². The highest BCUT2D eigenvalue weighted by Crippen LogP contribution is 2.44. The first-order valence-corrected chi connectivity index (χ1v) is 12.4. The lowest BCUT2D eigenvalue weighted by Crippen LogP contribution is -2.54. The maximum Gasteiger partial charge on any atom is 0.0750 e. The zero-order valence-electron chi connectivity index (χ0n) is 19.2. The Balaban J connectivity index is 1.14. The van der Waals surface area contributed by atoms with Crippen LogP contribution in [0.15, 0.2) is 54.6 Å². The van der Waals surface area contributed by atoms with Gasteiger partial charge in [-0.1, -0.05) is 48.5 Å². The first-order chi connectivity index (χ1) is 15.7. The van der Waals surface area contributed by atoms with Crippen molar-refractivity contribution in [3.63, 3.8) is 0 Å². The van der Waals surface area contributed by atoms with E-state index in [0.29, 0.717) is 6.04 Å². The molecule has 1 N–H and O–H groups in total. The molecule has 3 aromatic rings. The third-order valence-electron chi connectivity index (χ3n) is 8.43. The third-order valence-corrected chi connectivity index (χ3v) is 8.43. The molecule has 3 atom stereocenters. The summed E-state index contributed by atoms with van der Waals surface area (Å²) in [7, 11) is 2.18. The Hall–Kier alpha value is -2.14. The van der Waals surface area contributed by atoms with Gasteiger partial charge in [-0.25, -0.2) is 0 Å². The summed E-state index contributed by atoms with van der Waals surface area (Å²) in [5, 5.41) is 12.6. The Morgan fingerprint density at radius 1 is 0.969 bits per heavy atom. The molecule has 2 fully saturated rings. The zero-order valence-corrected chi connectivity index (χ0v) is 19.2. The number of hydrogen-bond acceptors (Lipinski definition) is 3. The van der Waals surface area contributed by atoms with Crippen LogP contribution in [0.25, 0.3) is 10.9 Å². The van der Waals surface area contributed by atoms with Crippen molar-refractivity contribution >= 4 is 10.9 Å². The van der Waals surface area contributed by atoms with Crippen LogP contribution in [0.3, 0.4) is 0 Å². The molecule has 3 aliphatic rings. The minimum absolute atomic E-state index is 0.258. The number of nitrogens with zero attached hydrogens (tertiary/aromatic N) is 3. The monoisotopic (exact) mass is 429 g/mol. The number of rotatable bonds is 4. The average molecular weight is 430 g/mol. The SMILES string of the molecule is Cn1c2c(c3ccccc31)C[C@@H]1C[C@H]2[C@@H](O)CN1CC1CCN(Cc2ccccc2)CC1. The van der Waals surface area contributed by atoms with Gasteiger partial charge in [-0.3, -0.25) is 9.80 Å². The molecule has 6 rings (SSSR count). The maximum atomic E-state index is 11.2. The van der Waals surface area contributed by atoms with Crippen molar-refractivity contribution < 1.29 is 5.11 Å². The first kappa shape index (κ1) is 20.5. The highest BCUT2D eigenvalue weighted by atomic mass is 16.3. The minimum Gasteiger partial charge on any atom is -0.391 e. The first-order valence-electron chi connectivity index (χ1n) is 12.4. The lowest BCUT2D eigenvalue weighted by molar-refractivity contribution is -0.00416. The fraction of sp³-hybridized carbons (Fsp3) is 0.500. The smallest absolute Gasteiger partial charge is 0.0750 e. The molecular weight excluding hydrogens is 394 g/mol. The molecule has 3 heterocycles. The number of hydrogen-bond donors (Lipinski definition) is 1. The van der Waals surface area contributed by atoms with Crippen LogP contribution in [-0.2, 0) is 20.0 Å². The molecule has 4 nitrogen and oxygen atoms in total. The normalized spacial score (nSPS) is 27.0. The van der Waals surface area contributed by atoms with Crippen molar-refractivity contribution in [3.8, 4) is 0 Å². The van der Waals surface area contributed by atoms with Crippen LogP contribution in [0, 0.1) is 5.92 Å². The van der Waals surface area contributed by atoms with Gasteiger partial charge in [0, 0.05) is 55.2 Å². The molecule has 0 saturated carbocycles. The molecular formula is C28H35N3O. The van der Waals surface area contributed by atoms with Crippen LogP contribution in [0.1, 0.15) is 42.0 Å². The summed E-state index contributed by atoms with van der Waals surface area (Å²) in [5.74, 6) is 1.03. The standard InChI is InChI=1S/C28H35N3O/c1-29-26-10-6-5-9-23(26)24-15-22-16-25(28(24)29)27(32)19-31(22)18-21-11-13-30(14-12-21)17-20-7-3-2-4-8-20/h2-10,21-22,25,27,32H,11-19H2,1H3/t22-,25+,27+/m1/s1. The fourth-order valence-electron chi connectivity index (χ4n) is 6.76. The fourth-order valence-corrected chi connectivity index (χ4v) is 6.76. The van der Waals surface area contributed by atoms with Gasteiger partial charge in [-0.2, -0.15) is 0 Å². The minimum atomic E-state index is -0.258. The van der Waals surface area contributed by atoms with Crippen molar-refractivity contribution in [3.05, 3.63) is 71.4 Å². The van der Waals surface area contributed by atoms with E-state index in [1.165, 1.54) is 53.7 Å². The van der Waals surface area contributed by atoms with Gasteiger partial charge < -0.3 is 9.67 Å². The molecule has 0 unspecified atom stereocenters. The van der Waals surface area contributed by atoms with Gasteiger partial charge in [0.1, 0.15) is 0 Å². The second-order valence-electron chi connectivity index (χ2n) is 10.4. The van der Waals surface area contributed by atoms with Gasteiger partial charge in [0.15, 0.2) is 0 Å². The van der Waals surface area contributed by atoms with E-state index in [-0.39, 0.29) is 12.0 Å². The molecule has 1 aromatic heterocycles. The van der Waals surface area contributed by atoms with Crippen LogP contribution in [0.4, 0.5) is 0 Å². The lowest BCUT2D eigenvalue weighted by Gasteiger charge is -2.47. The van der Waals surface area contributed by atoms with Gasteiger partial charge >= 0.3 is 0 Å². The van der Waals surface area contributed by atoms with Crippen LogP contribution >= 0.6 is 0 Å². The topological polar surface area (TPSA) is 31.6 Å². The molecule has 0 amide bonds. The van der Waals surface area contributed by atoms with E-state index in [2.05, 4.69) is 76.0 Å². The maximum absolute atomic E-state index is 11.2. The Bertz CT molecular complexity index is 1080. The number of fused-ring (bicyclic) bond motifs is 6. The molecule has 32 heavy (non-hydrogen) atoms. The average Bonchev–Trinajstić information content (AvgIpc) is 3.11. The molecule has 2 aliphatic heterocycles. The number of β-amino-alcohol motifs (C(OH)–C–C–N with tert-alkyl or cyclic N) is 1. The highest BCUT2D eigenvalue weighted by molar-refractivity contribution is 5.86. The lowest BCUT2D eigenvalue weighted by atomic mass is 9.76. The summed E-state index contributed by atoms with van der Waals surface area (Å²) in [6.07, 6.45) is 4.52. The van der Waals surface area contributed by atoms with Crippen molar-refractivity contribution in [1.82, 2.24) is 14.4 Å². The Morgan fingerprint density at radius 3 is 2.53 bits per heavy atom. The number of para-hydroxylation sites is 1. The number of aryl methyl sites for hydroxylation is 1. The van der Waals surface area contributed by atoms with E-state index >= 15 is 0 Å². The molecule has 168 valence electrons. The molecule has 0 spiro atoms. The second-order valence-corrected chi connectivity index (χ2v) is 10.4. The van der Waals surface area contributed by atoms with Crippen LogP contribution < -0.4 is 0 Å². The predicted molar refractivity (Wildman–Crippen MR) is 130 cm³/mol. The van der Waals surface area contributed by atoms with Crippen LogP contribution in [0.5, 0.6) is 0 Å². The number of benzene rings is 2. The Morgan fingerprint density at radius 2 is 1.72 bits per heavy atom. The summed E-state index contributed by atoms with van der Waals surface area (Å²) in [6.45, 7) is 5.44. The Labute approximate surface area is 191 Å². The van der Waals surface area contributed by atoms with Gasteiger partial charge in [-0.15, -0.1) is 0 Å². The largest absolute Gasteiger partial charge is 0.391 e. The van der Waals surface area contributed by atoms with Crippen molar-refractivity contribution in [2.24, 2.45) is 13.0 Å². The van der Waals surface area contributed by atoms with Gasteiger partial charge in [-0.05, 0) is 61.9 Å². The predicted octanol–water partition coefficient (Wildman–Crippen LogP) is 4.17.